The minimum absolute atomic E-state index is 0.180. The largest absolute Gasteiger partial charge is 0.334 e. The molecule has 1 amide bonds. The molecule has 0 aromatic carbocycles. The summed E-state index contributed by atoms with van der Waals surface area (Å²) in [4.78, 5) is 24.1. The van der Waals surface area contributed by atoms with E-state index in [4.69, 9.17) is 11.6 Å². The van der Waals surface area contributed by atoms with Crippen LogP contribution in [0.2, 0.25) is 5.02 Å². The third-order valence-corrected chi connectivity index (χ3v) is 3.46. The molecule has 2 aromatic heterocycles. The summed E-state index contributed by atoms with van der Waals surface area (Å²) < 4.78 is 2.90. The molecule has 0 aliphatic carbocycles. The highest BCUT2D eigenvalue weighted by molar-refractivity contribution is 6.31. The number of amides is 1. The molecule has 0 spiro atoms. The van der Waals surface area contributed by atoms with Crippen LogP contribution in [-0.4, -0.2) is 42.3 Å². The third-order valence-electron chi connectivity index (χ3n) is 3.14. The van der Waals surface area contributed by atoms with Crippen molar-refractivity contribution < 1.29 is 9.72 Å². The molecule has 2 aromatic rings. The summed E-state index contributed by atoms with van der Waals surface area (Å²) >= 11 is 6.06. The second-order valence-electron chi connectivity index (χ2n) is 4.71. The predicted octanol–water partition coefficient (Wildman–Crippen LogP) is 1.47. The van der Waals surface area contributed by atoms with Gasteiger partial charge in [0.15, 0.2) is 0 Å². The number of hydrogen-bond donors (Lipinski definition) is 0. The Balaban J connectivity index is 2.26. The first kappa shape index (κ1) is 16.0. The molecule has 0 fully saturated rings. The zero-order chi connectivity index (χ0) is 16.4. The fraction of sp³-hybridized carbons (Fsp3) is 0.417. The molecule has 2 heterocycles. The van der Waals surface area contributed by atoms with Crippen LogP contribution in [0.1, 0.15) is 23.1 Å². The number of carbonyl (C=O) groups excluding carboxylic acids is 1. The zero-order valence-electron chi connectivity index (χ0n) is 12.4. The van der Waals surface area contributed by atoms with E-state index in [0.29, 0.717) is 17.3 Å². The van der Waals surface area contributed by atoms with Gasteiger partial charge in [0.25, 0.3) is 5.91 Å². The normalized spacial score (nSPS) is 10.7. The van der Waals surface area contributed by atoms with E-state index in [2.05, 4.69) is 10.2 Å². The fourth-order valence-corrected chi connectivity index (χ4v) is 2.26. The first-order valence-corrected chi connectivity index (χ1v) is 6.86. The fourth-order valence-electron chi connectivity index (χ4n) is 2.06. The number of hydrogen-bond acceptors (Lipinski definition) is 5. The summed E-state index contributed by atoms with van der Waals surface area (Å²) in [6.07, 6.45) is 2.70. The standard InChI is InChI=1S/C12H15ClN6O3/c1-4-18-9(8(13)5-14-18)6-16(2)12(20)11-10(19(21)22)7-17(3)15-11/h5,7H,4,6H2,1-3H3. The van der Waals surface area contributed by atoms with Gasteiger partial charge in [-0.05, 0) is 6.92 Å². The lowest BCUT2D eigenvalue weighted by molar-refractivity contribution is -0.385. The van der Waals surface area contributed by atoms with Crippen molar-refractivity contribution in [2.45, 2.75) is 20.0 Å². The van der Waals surface area contributed by atoms with Crippen molar-refractivity contribution in [1.29, 1.82) is 0 Å². The van der Waals surface area contributed by atoms with E-state index >= 15 is 0 Å². The number of aryl methyl sites for hydroxylation is 2. The van der Waals surface area contributed by atoms with Crippen LogP contribution in [0.25, 0.3) is 0 Å². The van der Waals surface area contributed by atoms with Gasteiger partial charge in [0.1, 0.15) is 6.20 Å². The Labute approximate surface area is 131 Å². The SMILES string of the molecule is CCn1ncc(Cl)c1CN(C)C(=O)c1nn(C)cc1[N+](=O)[O-]. The maximum atomic E-state index is 12.4. The quantitative estimate of drug-likeness (QED) is 0.612. The smallest absolute Gasteiger partial charge is 0.320 e. The van der Waals surface area contributed by atoms with E-state index in [0.717, 1.165) is 0 Å². The first-order chi connectivity index (χ1) is 10.3. The van der Waals surface area contributed by atoms with Crippen LogP contribution in [0.15, 0.2) is 12.4 Å². The van der Waals surface area contributed by atoms with Gasteiger partial charge >= 0.3 is 5.69 Å². The van der Waals surface area contributed by atoms with Crippen LogP contribution >= 0.6 is 11.6 Å². The van der Waals surface area contributed by atoms with E-state index in [1.165, 1.54) is 36.1 Å². The van der Waals surface area contributed by atoms with E-state index in [-0.39, 0.29) is 17.9 Å². The highest BCUT2D eigenvalue weighted by Gasteiger charge is 2.28. The molecule has 0 saturated heterocycles. The van der Waals surface area contributed by atoms with Gasteiger partial charge in [-0.3, -0.25) is 24.3 Å². The van der Waals surface area contributed by atoms with Crippen LogP contribution in [0.5, 0.6) is 0 Å². The Morgan fingerprint density at radius 2 is 2.23 bits per heavy atom. The molecule has 2 rings (SSSR count). The topological polar surface area (TPSA) is 99.1 Å². The first-order valence-electron chi connectivity index (χ1n) is 6.48. The maximum absolute atomic E-state index is 12.4. The zero-order valence-corrected chi connectivity index (χ0v) is 13.1. The van der Waals surface area contributed by atoms with Crippen LogP contribution in [0.4, 0.5) is 5.69 Å². The molecular weight excluding hydrogens is 312 g/mol. The summed E-state index contributed by atoms with van der Waals surface area (Å²) in [5.41, 5.74) is 0.140. The average Bonchev–Trinajstić information content (AvgIpc) is 3.02. The number of carbonyl (C=O) groups is 1. The molecule has 0 radical (unpaired) electrons. The van der Waals surface area contributed by atoms with Gasteiger partial charge in [-0.1, -0.05) is 11.6 Å². The van der Waals surface area contributed by atoms with Gasteiger partial charge in [-0.2, -0.15) is 10.2 Å². The van der Waals surface area contributed by atoms with Gasteiger partial charge < -0.3 is 4.90 Å². The molecule has 0 atom stereocenters. The Hall–Kier alpha value is -2.42. The lowest BCUT2D eigenvalue weighted by Gasteiger charge is -2.16. The number of halogens is 1. The highest BCUT2D eigenvalue weighted by Crippen LogP contribution is 2.21. The summed E-state index contributed by atoms with van der Waals surface area (Å²) in [6.45, 7) is 2.69. The molecule has 10 heteroatoms. The van der Waals surface area contributed by atoms with Crippen molar-refractivity contribution in [1.82, 2.24) is 24.5 Å². The van der Waals surface area contributed by atoms with Crippen molar-refractivity contribution in [2.75, 3.05) is 7.05 Å². The van der Waals surface area contributed by atoms with Gasteiger partial charge in [0, 0.05) is 20.6 Å². The number of aromatic nitrogens is 4. The molecular formula is C12H15ClN6O3. The van der Waals surface area contributed by atoms with E-state index in [1.54, 1.807) is 4.68 Å². The monoisotopic (exact) mass is 326 g/mol. The Morgan fingerprint density at radius 3 is 2.82 bits per heavy atom. The van der Waals surface area contributed by atoms with Crippen molar-refractivity contribution in [3.05, 3.63) is 38.9 Å². The molecule has 0 aliphatic rings. The maximum Gasteiger partial charge on any atom is 0.320 e. The molecule has 0 saturated carbocycles. The molecule has 22 heavy (non-hydrogen) atoms. The van der Waals surface area contributed by atoms with E-state index < -0.39 is 10.8 Å². The molecule has 118 valence electrons. The van der Waals surface area contributed by atoms with Crippen LogP contribution < -0.4 is 0 Å². The van der Waals surface area contributed by atoms with Crippen LogP contribution in [0.3, 0.4) is 0 Å². The minimum Gasteiger partial charge on any atom is -0.334 e. The van der Waals surface area contributed by atoms with E-state index in [1.807, 2.05) is 6.92 Å². The van der Waals surface area contributed by atoms with Crippen molar-refractivity contribution >= 4 is 23.2 Å². The lowest BCUT2D eigenvalue weighted by atomic mass is 10.3. The van der Waals surface area contributed by atoms with Gasteiger partial charge in [-0.15, -0.1) is 0 Å². The molecule has 9 nitrogen and oxygen atoms in total. The van der Waals surface area contributed by atoms with E-state index in [9.17, 15) is 14.9 Å². The average molecular weight is 327 g/mol. The Bertz CT molecular complexity index is 723. The molecule has 0 unspecified atom stereocenters. The Morgan fingerprint density at radius 1 is 1.55 bits per heavy atom. The second-order valence-corrected chi connectivity index (χ2v) is 5.12. The van der Waals surface area contributed by atoms with Gasteiger partial charge in [0.2, 0.25) is 5.69 Å². The van der Waals surface area contributed by atoms with Crippen molar-refractivity contribution in [2.24, 2.45) is 7.05 Å². The van der Waals surface area contributed by atoms with Crippen molar-refractivity contribution in [3.8, 4) is 0 Å². The predicted molar refractivity (Wildman–Crippen MR) is 78.6 cm³/mol. The van der Waals surface area contributed by atoms with Gasteiger partial charge in [-0.25, -0.2) is 0 Å². The highest BCUT2D eigenvalue weighted by atomic mass is 35.5. The lowest BCUT2D eigenvalue weighted by Crippen LogP contribution is -2.28. The Kier molecular flexibility index (Phi) is 4.45. The van der Waals surface area contributed by atoms with Gasteiger partial charge in [0.05, 0.1) is 28.4 Å². The minimum atomic E-state index is -0.628. The summed E-state index contributed by atoms with van der Waals surface area (Å²) in [6, 6.07) is 0. The molecule has 0 bridgehead atoms. The molecule has 0 N–H and O–H groups in total. The summed E-state index contributed by atoms with van der Waals surface area (Å²) in [5.74, 6) is -0.549. The van der Waals surface area contributed by atoms with Crippen LogP contribution in [0, 0.1) is 10.1 Å². The number of nitrogens with zero attached hydrogens (tertiary/aromatic N) is 6. The summed E-state index contributed by atoms with van der Waals surface area (Å²) in [7, 11) is 3.05. The number of rotatable bonds is 5. The third kappa shape index (κ3) is 2.93. The van der Waals surface area contributed by atoms with Crippen molar-refractivity contribution in [3.63, 3.8) is 0 Å². The number of nitro groups is 1. The van der Waals surface area contributed by atoms with Crippen LogP contribution in [-0.2, 0) is 20.1 Å². The molecule has 0 aliphatic heterocycles. The second kappa shape index (κ2) is 6.14. The summed E-state index contributed by atoms with van der Waals surface area (Å²) in [5, 5.41) is 19.4.